The number of fused-ring (bicyclic) bond motifs is 1. The molecule has 132 valence electrons. The summed E-state index contributed by atoms with van der Waals surface area (Å²) in [5.74, 6) is 2.65. The molecule has 1 aromatic carbocycles. The number of thioether (sulfide) groups is 1. The molecule has 1 atom stereocenters. The number of hydrogen-bond donors (Lipinski definition) is 1. The third-order valence-electron chi connectivity index (χ3n) is 6.35. The maximum absolute atomic E-state index is 12.8. The standard InChI is InChI=1S/C20H24N2O2S/c1-12(25-19-21-16-4-2-3-5-17(16)24-19)18(23)22-20-9-13-6-14(10-20)8-15(7-13)11-20/h2-5,12-15H,6-11H2,1H3,(H,22,23)/t12-,13?,14?,15?,20?/m0/s1. The van der Waals surface area contributed by atoms with Crippen LogP contribution in [0, 0.1) is 17.8 Å². The molecule has 4 nitrogen and oxygen atoms in total. The van der Waals surface area contributed by atoms with Crippen molar-refractivity contribution in [2.24, 2.45) is 17.8 Å². The molecule has 4 fully saturated rings. The van der Waals surface area contributed by atoms with Gasteiger partial charge in [0.15, 0.2) is 5.58 Å². The van der Waals surface area contributed by atoms with Gasteiger partial charge in [0.25, 0.3) is 5.22 Å². The van der Waals surface area contributed by atoms with Crippen LogP contribution in [-0.4, -0.2) is 21.7 Å². The van der Waals surface area contributed by atoms with Crippen molar-refractivity contribution in [2.75, 3.05) is 0 Å². The zero-order chi connectivity index (χ0) is 17.0. The van der Waals surface area contributed by atoms with E-state index >= 15 is 0 Å². The highest BCUT2D eigenvalue weighted by molar-refractivity contribution is 8.00. The van der Waals surface area contributed by atoms with Crippen molar-refractivity contribution < 1.29 is 9.21 Å². The van der Waals surface area contributed by atoms with E-state index in [-0.39, 0.29) is 16.7 Å². The van der Waals surface area contributed by atoms with Gasteiger partial charge in [-0.1, -0.05) is 23.9 Å². The molecule has 1 N–H and O–H groups in total. The minimum absolute atomic E-state index is 0.0714. The summed E-state index contributed by atoms with van der Waals surface area (Å²) in [6, 6.07) is 7.73. The molecule has 0 aliphatic heterocycles. The summed E-state index contributed by atoms with van der Waals surface area (Å²) in [6.07, 6.45) is 7.73. The zero-order valence-corrected chi connectivity index (χ0v) is 15.3. The zero-order valence-electron chi connectivity index (χ0n) is 14.5. The highest BCUT2D eigenvalue weighted by Gasteiger charge is 2.51. The van der Waals surface area contributed by atoms with Gasteiger partial charge in [-0.15, -0.1) is 0 Å². The Labute approximate surface area is 152 Å². The van der Waals surface area contributed by atoms with E-state index in [0.717, 1.165) is 28.9 Å². The lowest BCUT2D eigenvalue weighted by atomic mass is 9.53. The molecule has 1 aromatic heterocycles. The first-order chi connectivity index (χ1) is 12.1. The van der Waals surface area contributed by atoms with Crippen LogP contribution in [0.4, 0.5) is 0 Å². The predicted octanol–water partition coefficient (Wildman–Crippen LogP) is 4.39. The van der Waals surface area contributed by atoms with Gasteiger partial charge in [-0.05, 0) is 75.3 Å². The molecule has 1 amide bonds. The molecule has 6 rings (SSSR count). The number of nitrogens with zero attached hydrogens (tertiary/aromatic N) is 1. The largest absolute Gasteiger partial charge is 0.431 e. The van der Waals surface area contributed by atoms with E-state index in [0.29, 0.717) is 5.22 Å². The van der Waals surface area contributed by atoms with E-state index < -0.39 is 0 Å². The average molecular weight is 356 g/mol. The molecular weight excluding hydrogens is 332 g/mol. The fourth-order valence-corrected chi connectivity index (χ4v) is 6.49. The monoisotopic (exact) mass is 356 g/mol. The first-order valence-electron chi connectivity index (χ1n) is 9.43. The van der Waals surface area contributed by atoms with E-state index in [2.05, 4.69) is 10.3 Å². The molecule has 25 heavy (non-hydrogen) atoms. The van der Waals surface area contributed by atoms with Crippen LogP contribution in [0.3, 0.4) is 0 Å². The summed E-state index contributed by atoms with van der Waals surface area (Å²) < 4.78 is 5.75. The van der Waals surface area contributed by atoms with Gasteiger partial charge < -0.3 is 9.73 Å². The fourth-order valence-electron chi connectivity index (χ4n) is 5.73. The molecule has 0 radical (unpaired) electrons. The highest BCUT2D eigenvalue weighted by Crippen LogP contribution is 2.55. The lowest BCUT2D eigenvalue weighted by Gasteiger charge is -2.57. The molecule has 2 aromatic rings. The normalized spacial score (nSPS) is 34.4. The molecule has 0 saturated heterocycles. The van der Waals surface area contributed by atoms with Gasteiger partial charge in [0.05, 0.1) is 5.25 Å². The van der Waals surface area contributed by atoms with E-state index in [9.17, 15) is 4.79 Å². The van der Waals surface area contributed by atoms with E-state index in [1.54, 1.807) is 0 Å². The molecule has 0 unspecified atom stereocenters. The Kier molecular flexibility index (Phi) is 3.63. The van der Waals surface area contributed by atoms with Gasteiger partial charge in [0.2, 0.25) is 5.91 Å². The molecule has 4 bridgehead atoms. The first kappa shape index (κ1) is 15.7. The smallest absolute Gasteiger partial charge is 0.257 e. The maximum Gasteiger partial charge on any atom is 0.257 e. The minimum Gasteiger partial charge on any atom is -0.431 e. The van der Waals surface area contributed by atoms with Crippen LogP contribution in [0.1, 0.15) is 45.4 Å². The van der Waals surface area contributed by atoms with Crippen molar-refractivity contribution in [2.45, 2.75) is 61.5 Å². The fraction of sp³-hybridized carbons (Fsp3) is 0.600. The summed E-state index contributed by atoms with van der Waals surface area (Å²) in [5, 5.41) is 3.83. The van der Waals surface area contributed by atoms with Crippen molar-refractivity contribution in [3.05, 3.63) is 24.3 Å². The molecule has 1 heterocycles. The van der Waals surface area contributed by atoms with Crippen LogP contribution in [0.5, 0.6) is 0 Å². The summed E-state index contributed by atoms with van der Waals surface area (Å²) in [6.45, 7) is 1.95. The molecule has 5 heteroatoms. The number of rotatable bonds is 4. The van der Waals surface area contributed by atoms with Crippen molar-refractivity contribution in [3.8, 4) is 0 Å². The Morgan fingerprint density at radius 2 is 1.84 bits per heavy atom. The number of benzene rings is 1. The van der Waals surface area contributed by atoms with Crippen LogP contribution < -0.4 is 5.32 Å². The topological polar surface area (TPSA) is 55.1 Å². The number of carbonyl (C=O) groups excluding carboxylic acids is 1. The Bertz CT molecular complexity index is 747. The number of nitrogens with one attached hydrogen (secondary N) is 1. The summed E-state index contributed by atoms with van der Waals surface area (Å²) in [4.78, 5) is 17.3. The van der Waals surface area contributed by atoms with Gasteiger partial charge in [0, 0.05) is 5.54 Å². The van der Waals surface area contributed by atoms with Crippen molar-refractivity contribution in [1.29, 1.82) is 0 Å². The van der Waals surface area contributed by atoms with Gasteiger partial charge in [-0.2, -0.15) is 0 Å². The number of para-hydroxylation sites is 2. The van der Waals surface area contributed by atoms with Crippen molar-refractivity contribution >= 4 is 28.8 Å². The lowest BCUT2D eigenvalue weighted by Crippen LogP contribution is -2.60. The van der Waals surface area contributed by atoms with Gasteiger partial charge in [0.1, 0.15) is 5.52 Å². The minimum atomic E-state index is -0.193. The SMILES string of the molecule is C[C@H](Sc1nc2ccccc2o1)C(=O)NC12CC3CC(CC(C3)C1)C2. The second kappa shape index (κ2) is 5.76. The molecule has 4 aliphatic carbocycles. The number of hydrogen-bond acceptors (Lipinski definition) is 4. The van der Waals surface area contributed by atoms with Crippen LogP contribution in [0.15, 0.2) is 33.9 Å². The lowest BCUT2D eigenvalue weighted by molar-refractivity contribution is -0.126. The molecule has 0 spiro atoms. The Hall–Kier alpha value is -1.49. The number of aromatic nitrogens is 1. The third kappa shape index (κ3) is 2.86. The highest BCUT2D eigenvalue weighted by atomic mass is 32.2. The summed E-state index contributed by atoms with van der Waals surface area (Å²) >= 11 is 1.42. The number of oxazole rings is 1. The number of carbonyl (C=O) groups is 1. The van der Waals surface area contributed by atoms with Crippen LogP contribution >= 0.6 is 11.8 Å². The summed E-state index contributed by atoms with van der Waals surface area (Å²) in [7, 11) is 0. The predicted molar refractivity (Wildman–Crippen MR) is 98.4 cm³/mol. The third-order valence-corrected chi connectivity index (χ3v) is 7.29. The summed E-state index contributed by atoms with van der Waals surface area (Å²) in [5.41, 5.74) is 1.69. The van der Waals surface area contributed by atoms with Gasteiger partial charge >= 0.3 is 0 Å². The van der Waals surface area contributed by atoms with Gasteiger partial charge in [-0.3, -0.25) is 4.79 Å². The molecule has 4 saturated carbocycles. The molecule has 4 aliphatic rings. The number of amides is 1. The second-order valence-corrected chi connectivity index (χ2v) is 9.69. The Balaban J connectivity index is 1.27. The van der Waals surface area contributed by atoms with Crippen molar-refractivity contribution in [3.63, 3.8) is 0 Å². The average Bonchev–Trinajstić information content (AvgIpc) is 2.95. The van der Waals surface area contributed by atoms with Crippen LogP contribution in [-0.2, 0) is 4.79 Å². The van der Waals surface area contributed by atoms with Crippen LogP contribution in [0.25, 0.3) is 11.1 Å². The second-order valence-electron chi connectivity index (χ2n) is 8.39. The Morgan fingerprint density at radius 3 is 2.48 bits per heavy atom. The van der Waals surface area contributed by atoms with Crippen molar-refractivity contribution in [1.82, 2.24) is 10.3 Å². The molecular formula is C20H24N2O2S. The quantitative estimate of drug-likeness (QED) is 0.825. The van der Waals surface area contributed by atoms with E-state index in [1.807, 2.05) is 31.2 Å². The van der Waals surface area contributed by atoms with E-state index in [4.69, 9.17) is 4.42 Å². The first-order valence-corrected chi connectivity index (χ1v) is 10.3. The Morgan fingerprint density at radius 1 is 1.20 bits per heavy atom. The van der Waals surface area contributed by atoms with Gasteiger partial charge in [-0.25, -0.2) is 4.98 Å². The van der Waals surface area contributed by atoms with E-state index in [1.165, 1.54) is 50.3 Å². The maximum atomic E-state index is 12.8. The van der Waals surface area contributed by atoms with Crippen LogP contribution in [0.2, 0.25) is 0 Å².